The number of para-hydroxylation sites is 2. The molecule has 4 rings (SSSR count). The van der Waals surface area contributed by atoms with Gasteiger partial charge in [0.2, 0.25) is 0 Å². The summed E-state index contributed by atoms with van der Waals surface area (Å²) in [7, 11) is 1.70. The Morgan fingerprint density at radius 1 is 0.619 bits per heavy atom. The zero-order valence-electron chi connectivity index (χ0n) is 11.9. The van der Waals surface area contributed by atoms with Gasteiger partial charge in [-0.05, 0) is 25.4 Å². The molecule has 0 fully saturated rings. The van der Waals surface area contributed by atoms with Gasteiger partial charge in [-0.3, -0.25) is 0 Å². The first kappa shape index (κ1) is 12.6. The molecule has 0 bridgehead atoms. The summed E-state index contributed by atoms with van der Waals surface area (Å²) >= 11 is 0. The highest BCUT2D eigenvalue weighted by Crippen LogP contribution is 2.44. The van der Waals surface area contributed by atoms with Gasteiger partial charge >= 0.3 is 0 Å². The summed E-state index contributed by atoms with van der Waals surface area (Å²) in [6.45, 7) is 0. The minimum atomic E-state index is -0.467. The molecule has 0 amide bonds. The van der Waals surface area contributed by atoms with Crippen molar-refractivity contribution in [3.63, 3.8) is 0 Å². The van der Waals surface area contributed by atoms with Crippen LogP contribution >= 0.6 is 7.92 Å². The Morgan fingerprint density at radius 2 is 1.10 bits per heavy atom. The van der Waals surface area contributed by atoms with Crippen molar-refractivity contribution >= 4 is 35.2 Å². The maximum atomic E-state index is 2.31. The Bertz CT molecular complexity index is 735. The van der Waals surface area contributed by atoms with E-state index in [2.05, 4.69) is 90.8 Å². The quantitative estimate of drug-likeness (QED) is 0.620. The van der Waals surface area contributed by atoms with Gasteiger partial charge in [-0.2, -0.15) is 0 Å². The Balaban J connectivity index is 2.01. The van der Waals surface area contributed by atoms with Crippen molar-refractivity contribution in [3.05, 3.63) is 78.9 Å². The monoisotopic (exact) mass is 289 g/mol. The molecule has 0 aliphatic carbocycles. The maximum Gasteiger partial charge on any atom is 0.0493 e. The van der Waals surface area contributed by atoms with Gasteiger partial charge in [0, 0.05) is 29.0 Å². The Labute approximate surface area is 126 Å². The summed E-state index contributed by atoms with van der Waals surface area (Å²) in [5.41, 5.74) is 2.65. The van der Waals surface area contributed by atoms with Crippen LogP contribution < -0.4 is 20.8 Å². The minimum absolute atomic E-state index is 0.467. The number of fused-ring (bicyclic) bond motifs is 2. The first-order chi connectivity index (χ1) is 10.4. The molecule has 102 valence electrons. The Hall–Kier alpha value is -2.11. The maximum absolute atomic E-state index is 2.31. The average molecular weight is 289 g/mol. The van der Waals surface area contributed by atoms with Crippen molar-refractivity contribution in [2.24, 2.45) is 0 Å². The van der Waals surface area contributed by atoms with Gasteiger partial charge in [0.15, 0.2) is 0 Å². The first-order valence-corrected chi connectivity index (χ1v) is 8.47. The van der Waals surface area contributed by atoms with Crippen LogP contribution in [0.5, 0.6) is 0 Å². The molecule has 0 unspecified atom stereocenters. The smallest absolute Gasteiger partial charge is 0.0493 e. The molecule has 0 aromatic heterocycles. The molecule has 21 heavy (non-hydrogen) atoms. The fourth-order valence-corrected chi connectivity index (χ4v) is 5.65. The Morgan fingerprint density at radius 3 is 1.67 bits per heavy atom. The van der Waals surface area contributed by atoms with Gasteiger partial charge < -0.3 is 4.90 Å². The van der Waals surface area contributed by atoms with Crippen LogP contribution in [0.3, 0.4) is 0 Å². The minimum Gasteiger partial charge on any atom is -0.344 e. The summed E-state index contributed by atoms with van der Waals surface area (Å²) < 4.78 is 0. The second-order valence-electron chi connectivity index (χ2n) is 5.21. The predicted octanol–water partition coefficient (Wildman–Crippen LogP) is 3.53. The molecule has 0 spiro atoms. The van der Waals surface area contributed by atoms with Crippen LogP contribution in [0.15, 0.2) is 78.9 Å². The van der Waals surface area contributed by atoms with E-state index >= 15 is 0 Å². The van der Waals surface area contributed by atoms with Crippen molar-refractivity contribution in [2.45, 2.75) is 0 Å². The fourth-order valence-electron chi connectivity index (χ4n) is 2.99. The number of hydrogen-bond donors (Lipinski definition) is 0. The van der Waals surface area contributed by atoms with Crippen LogP contribution in [-0.2, 0) is 0 Å². The SMILES string of the molecule is CN1c2ccccc2P(c2ccccc2)c2ccccc21. The number of benzene rings is 3. The lowest BCUT2D eigenvalue weighted by molar-refractivity contribution is 1.22. The molecule has 2 heteroatoms. The van der Waals surface area contributed by atoms with E-state index in [-0.39, 0.29) is 0 Å². The van der Waals surface area contributed by atoms with Gasteiger partial charge in [-0.25, -0.2) is 0 Å². The largest absolute Gasteiger partial charge is 0.344 e. The summed E-state index contributed by atoms with van der Waals surface area (Å²) in [6, 6.07) is 28.4. The standard InChI is InChI=1S/C19H16NP/c1-20-16-11-5-7-13-18(16)21(15-9-3-2-4-10-15)19-14-8-6-12-17(19)20/h2-14H,1H3. The molecule has 1 aliphatic rings. The molecule has 0 saturated carbocycles. The van der Waals surface area contributed by atoms with E-state index in [1.807, 2.05) is 0 Å². The van der Waals surface area contributed by atoms with E-state index in [0.717, 1.165) is 0 Å². The van der Waals surface area contributed by atoms with Gasteiger partial charge in [-0.15, -0.1) is 0 Å². The lowest BCUT2D eigenvalue weighted by Gasteiger charge is -2.35. The summed E-state index contributed by atoms with van der Waals surface area (Å²) in [5, 5.41) is 4.31. The van der Waals surface area contributed by atoms with E-state index < -0.39 is 7.92 Å². The number of rotatable bonds is 1. The summed E-state index contributed by atoms with van der Waals surface area (Å²) in [5.74, 6) is 0. The van der Waals surface area contributed by atoms with E-state index in [9.17, 15) is 0 Å². The highest BCUT2D eigenvalue weighted by atomic mass is 31.1. The fraction of sp³-hybridized carbons (Fsp3) is 0.0526. The summed E-state index contributed by atoms with van der Waals surface area (Å²) in [4.78, 5) is 2.31. The van der Waals surface area contributed by atoms with Crippen molar-refractivity contribution in [3.8, 4) is 0 Å². The molecule has 3 aromatic carbocycles. The topological polar surface area (TPSA) is 3.24 Å². The second-order valence-corrected chi connectivity index (χ2v) is 7.36. The van der Waals surface area contributed by atoms with Gasteiger partial charge in [0.1, 0.15) is 0 Å². The van der Waals surface area contributed by atoms with Crippen LogP contribution in [0.2, 0.25) is 0 Å². The zero-order chi connectivity index (χ0) is 14.2. The number of nitrogens with zero attached hydrogens (tertiary/aromatic N) is 1. The molecule has 0 atom stereocenters. The van der Waals surface area contributed by atoms with Crippen LogP contribution in [0, 0.1) is 0 Å². The third-order valence-corrected chi connectivity index (χ3v) is 6.52. The molecule has 1 aliphatic heterocycles. The molecule has 1 heterocycles. The first-order valence-electron chi connectivity index (χ1n) is 7.13. The third kappa shape index (κ3) is 1.97. The zero-order valence-corrected chi connectivity index (χ0v) is 12.8. The van der Waals surface area contributed by atoms with Crippen molar-refractivity contribution in [2.75, 3.05) is 11.9 Å². The number of anilines is 2. The van der Waals surface area contributed by atoms with Crippen LogP contribution in [0.4, 0.5) is 11.4 Å². The van der Waals surface area contributed by atoms with Crippen LogP contribution in [0.1, 0.15) is 0 Å². The van der Waals surface area contributed by atoms with Crippen LogP contribution in [0.25, 0.3) is 0 Å². The molecule has 0 N–H and O–H groups in total. The molecule has 1 nitrogen and oxygen atoms in total. The van der Waals surface area contributed by atoms with Crippen molar-refractivity contribution < 1.29 is 0 Å². The third-order valence-electron chi connectivity index (χ3n) is 3.98. The van der Waals surface area contributed by atoms with Gasteiger partial charge in [-0.1, -0.05) is 66.7 Å². The van der Waals surface area contributed by atoms with Crippen molar-refractivity contribution in [1.82, 2.24) is 0 Å². The highest BCUT2D eigenvalue weighted by Gasteiger charge is 2.28. The highest BCUT2D eigenvalue weighted by molar-refractivity contribution is 7.80. The van der Waals surface area contributed by atoms with Crippen LogP contribution in [-0.4, -0.2) is 7.05 Å². The van der Waals surface area contributed by atoms with E-state index in [1.165, 1.54) is 27.3 Å². The lowest BCUT2D eigenvalue weighted by atomic mass is 10.2. The van der Waals surface area contributed by atoms with Gasteiger partial charge in [0.25, 0.3) is 0 Å². The van der Waals surface area contributed by atoms with Gasteiger partial charge in [0.05, 0.1) is 0 Å². The molecule has 3 aromatic rings. The number of hydrogen-bond acceptors (Lipinski definition) is 1. The molecular weight excluding hydrogens is 273 g/mol. The molecule has 0 saturated heterocycles. The molecule has 0 radical (unpaired) electrons. The molecular formula is C19H16NP. The normalized spacial score (nSPS) is 13.7. The van der Waals surface area contributed by atoms with E-state index in [0.29, 0.717) is 0 Å². The second kappa shape index (κ2) is 5.02. The predicted molar refractivity (Wildman–Crippen MR) is 93.2 cm³/mol. The summed E-state index contributed by atoms with van der Waals surface area (Å²) in [6.07, 6.45) is 0. The van der Waals surface area contributed by atoms with Crippen molar-refractivity contribution in [1.29, 1.82) is 0 Å². The van der Waals surface area contributed by atoms with E-state index in [1.54, 1.807) is 0 Å². The average Bonchev–Trinajstić information content (AvgIpc) is 2.56. The lowest BCUT2D eigenvalue weighted by Crippen LogP contribution is -2.33. The Kier molecular flexibility index (Phi) is 3.02. The van der Waals surface area contributed by atoms with E-state index in [4.69, 9.17) is 0 Å².